The molecule has 0 bridgehead atoms. The largest absolute Gasteiger partial charge is 0.334 e. The highest BCUT2D eigenvalue weighted by Gasteiger charge is 2.26. The molecule has 1 atom stereocenters. The van der Waals surface area contributed by atoms with Gasteiger partial charge >= 0.3 is 0 Å². The monoisotopic (exact) mass is 232 g/mol. The third-order valence-corrected chi connectivity index (χ3v) is 3.46. The summed E-state index contributed by atoms with van der Waals surface area (Å²) in [5, 5.41) is 0. The molecular weight excluding hydrogens is 212 g/mol. The number of nitrogens with zero attached hydrogens (tertiary/aromatic N) is 1. The van der Waals surface area contributed by atoms with Gasteiger partial charge < -0.3 is 10.6 Å². The quantitative estimate of drug-likeness (QED) is 0.847. The van der Waals surface area contributed by atoms with Crippen molar-refractivity contribution in [3.63, 3.8) is 0 Å². The first kappa shape index (κ1) is 12.1. The Kier molecular flexibility index (Phi) is 3.79. The van der Waals surface area contributed by atoms with Crippen molar-refractivity contribution in [2.75, 3.05) is 13.1 Å². The van der Waals surface area contributed by atoms with Crippen LogP contribution in [0.25, 0.3) is 0 Å². The molecule has 0 aliphatic carbocycles. The molecule has 1 amide bonds. The van der Waals surface area contributed by atoms with Crippen molar-refractivity contribution in [1.82, 2.24) is 4.90 Å². The summed E-state index contributed by atoms with van der Waals surface area (Å²) < 4.78 is 0. The number of likely N-dealkylation sites (tertiary alicyclic amines) is 1. The molecule has 3 nitrogen and oxygen atoms in total. The summed E-state index contributed by atoms with van der Waals surface area (Å²) in [6.07, 6.45) is 3.31. The third kappa shape index (κ3) is 2.67. The average molecular weight is 232 g/mol. The zero-order valence-electron chi connectivity index (χ0n) is 10.4. The van der Waals surface area contributed by atoms with Gasteiger partial charge in [-0.25, -0.2) is 0 Å². The minimum absolute atomic E-state index is 0.125. The first-order valence-electron chi connectivity index (χ1n) is 6.30. The van der Waals surface area contributed by atoms with Crippen LogP contribution in [0.1, 0.15) is 35.2 Å². The second kappa shape index (κ2) is 5.32. The van der Waals surface area contributed by atoms with Gasteiger partial charge in [-0.3, -0.25) is 4.79 Å². The van der Waals surface area contributed by atoms with Crippen LogP contribution in [0.15, 0.2) is 24.3 Å². The van der Waals surface area contributed by atoms with Crippen molar-refractivity contribution in [2.24, 2.45) is 5.73 Å². The predicted molar refractivity (Wildman–Crippen MR) is 68.9 cm³/mol. The van der Waals surface area contributed by atoms with Gasteiger partial charge in [-0.15, -0.1) is 0 Å². The normalized spacial score (nSPS) is 20.4. The molecule has 1 aliphatic rings. The lowest BCUT2D eigenvalue weighted by atomic mass is 10.0. The minimum Gasteiger partial charge on any atom is -0.334 e. The van der Waals surface area contributed by atoms with Crippen molar-refractivity contribution >= 4 is 5.91 Å². The number of amides is 1. The Morgan fingerprint density at radius 2 is 2.06 bits per heavy atom. The van der Waals surface area contributed by atoms with Crippen molar-refractivity contribution in [1.29, 1.82) is 0 Å². The van der Waals surface area contributed by atoms with Crippen LogP contribution in [0.2, 0.25) is 0 Å². The number of benzene rings is 1. The van der Waals surface area contributed by atoms with Gasteiger partial charge in [-0.2, -0.15) is 0 Å². The summed E-state index contributed by atoms with van der Waals surface area (Å²) in [6.45, 7) is 3.43. The van der Waals surface area contributed by atoms with Crippen LogP contribution in [-0.4, -0.2) is 29.9 Å². The number of hydrogen-bond acceptors (Lipinski definition) is 2. The van der Waals surface area contributed by atoms with Crippen LogP contribution in [-0.2, 0) is 0 Å². The lowest BCUT2D eigenvalue weighted by molar-refractivity contribution is 0.0623. The Morgan fingerprint density at radius 1 is 1.35 bits per heavy atom. The van der Waals surface area contributed by atoms with E-state index in [0.29, 0.717) is 6.54 Å². The molecule has 1 fully saturated rings. The van der Waals surface area contributed by atoms with Gasteiger partial charge in [0.2, 0.25) is 0 Å². The molecule has 92 valence electrons. The number of aryl methyl sites for hydroxylation is 1. The van der Waals surface area contributed by atoms with E-state index in [1.54, 1.807) is 0 Å². The van der Waals surface area contributed by atoms with Crippen molar-refractivity contribution in [3.05, 3.63) is 35.4 Å². The lowest BCUT2D eigenvalue weighted by Crippen LogP contribution is -2.47. The van der Waals surface area contributed by atoms with Crippen molar-refractivity contribution in [3.8, 4) is 0 Å². The molecule has 1 saturated heterocycles. The number of carbonyl (C=O) groups excluding carboxylic acids is 1. The van der Waals surface area contributed by atoms with E-state index >= 15 is 0 Å². The fourth-order valence-electron chi connectivity index (χ4n) is 2.37. The Morgan fingerprint density at radius 3 is 2.71 bits per heavy atom. The summed E-state index contributed by atoms with van der Waals surface area (Å²) in [6, 6.07) is 7.99. The predicted octanol–water partition coefficient (Wildman–Crippen LogP) is 1.95. The zero-order valence-corrected chi connectivity index (χ0v) is 10.4. The summed E-state index contributed by atoms with van der Waals surface area (Å²) >= 11 is 0. The lowest BCUT2D eigenvalue weighted by Gasteiger charge is -2.35. The molecule has 1 aromatic rings. The SMILES string of the molecule is Cc1ccc(C(=O)N2CCCCC2CN)cc1. The van der Waals surface area contributed by atoms with E-state index in [4.69, 9.17) is 5.73 Å². The number of piperidine rings is 1. The minimum atomic E-state index is 0.125. The number of hydrogen-bond donors (Lipinski definition) is 1. The highest BCUT2D eigenvalue weighted by Crippen LogP contribution is 2.19. The molecule has 0 saturated carbocycles. The van der Waals surface area contributed by atoms with Crippen LogP contribution in [0.5, 0.6) is 0 Å². The average Bonchev–Trinajstić information content (AvgIpc) is 2.39. The highest BCUT2D eigenvalue weighted by atomic mass is 16.2. The van der Waals surface area contributed by atoms with Gasteiger partial charge in [-0.1, -0.05) is 17.7 Å². The third-order valence-electron chi connectivity index (χ3n) is 3.46. The Hall–Kier alpha value is -1.35. The standard InChI is InChI=1S/C14H20N2O/c1-11-5-7-12(8-6-11)14(17)16-9-3-2-4-13(16)10-15/h5-8,13H,2-4,9-10,15H2,1H3. The zero-order chi connectivity index (χ0) is 12.3. The van der Waals surface area contributed by atoms with Gasteiger partial charge in [-0.05, 0) is 38.3 Å². The Bertz CT molecular complexity index is 386. The summed E-state index contributed by atoms with van der Waals surface area (Å²) in [5.74, 6) is 0.125. The van der Waals surface area contributed by atoms with Gasteiger partial charge in [0.25, 0.3) is 5.91 Å². The second-order valence-corrected chi connectivity index (χ2v) is 4.75. The molecule has 1 unspecified atom stereocenters. The van der Waals surface area contributed by atoms with Gasteiger partial charge in [0, 0.05) is 24.7 Å². The van der Waals surface area contributed by atoms with Crippen molar-refractivity contribution in [2.45, 2.75) is 32.2 Å². The molecule has 1 heterocycles. The summed E-state index contributed by atoms with van der Waals surface area (Å²) in [5.41, 5.74) is 7.69. The number of nitrogens with two attached hydrogens (primary N) is 1. The topological polar surface area (TPSA) is 46.3 Å². The molecular formula is C14H20N2O. The Balaban J connectivity index is 2.15. The molecule has 17 heavy (non-hydrogen) atoms. The molecule has 2 N–H and O–H groups in total. The maximum Gasteiger partial charge on any atom is 0.254 e. The van der Waals surface area contributed by atoms with Gasteiger partial charge in [0.15, 0.2) is 0 Å². The van der Waals surface area contributed by atoms with Gasteiger partial charge in [0.05, 0.1) is 0 Å². The van der Waals surface area contributed by atoms with E-state index < -0.39 is 0 Å². The van der Waals surface area contributed by atoms with E-state index in [1.807, 2.05) is 36.1 Å². The van der Waals surface area contributed by atoms with Crippen molar-refractivity contribution < 1.29 is 4.79 Å². The molecule has 0 aromatic heterocycles. The van der Waals surface area contributed by atoms with E-state index in [9.17, 15) is 4.79 Å². The summed E-state index contributed by atoms with van der Waals surface area (Å²) in [7, 11) is 0. The van der Waals surface area contributed by atoms with Crippen LogP contribution in [0.4, 0.5) is 0 Å². The van der Waals surface area contributed by atoms with E-state index in [0.717, 1.165) is 24.9 Å². The molecule has 2 rings (SSSR count). The number of rotatable bonds is 2. The molecule has 1 aromatic carbocycles. The first-order chi connectivity index (χ1) is 8.22. The molecule has 0 radical (unpaired) electrons. The fraction of sp³-hybridized carbons (Fsp3) is 0.500. The molecule has 0 spiro atoms. The van der Waals surface area contributed by atoms with E-state index in [2.05, 4.69) is 0 Å². The maximum absolute atomic E-state index is 12.4. The van der Waals surface area contributed by atoms with Crippen LogP contribution < -0.4 is 5.73 Å². The van der Waals surface area contributed by atoms with Crippen LogP contribution in [0, 0.1) is 6.92 Å². The van der Waals surface area contributed by atoms with E-state index in [-0.39, 0.29) is 11.9 Å². The first-order valence-corrected chi connectivity index (χ1v) is 6.30. The smallest absolute Gasteiger partial charge is 0.254 e. The summed E-state index contributed by atoms with van der Waals surface area (Å²) in [4.78, 5) is 14.3. The van der Waals surface area contributed by atoms with E-state index in [1.165, 1.54) is 12.0 Å². The van der Waals surface area contributed by atoms with Gasteiger partial charge in [0.1, 0.15) is 0 Å². The maximum atomic E-state index is 12.4. The van der Waals surface area contributed by atoms with Crippen LogP contribution >= 0.6 is 0 Å². The Labute approximate surface area is 103 Å². The fourth-order valence-corrected chi connectivity index (χ4v) is 2.37. The van der Waals surface area contributed by atoms with Crippen LogP contribution in [0.3, 0.4) is 0 Å². The molecule has 1 aliphatic heterocycles. The number of carbonyl (C=O) groups is 1. The molecule has 3 heteroatoms. The highest BCUT2D eigenvalue weighted by molar-refractivity contribution is 5.94. The second-order valence-electron chi connectivity index (χ2n) is 4.75.